The van der Waals surface area contributed by atoms with Crippen LogP contribution < -0.4 is 4.74 Å². The molecule has 0 aliphatic carbocycles. The summed E-state index contributed by atoms with van der Waals surface area (Å²) in [6.45, 7) is 0.0812. The van der Waals surface area contributed by atoms with Crippen LogP contribution >= 0.6 is 0 Å². The monoisotopic (exact) mass is 514 g/mol. The molecule has 196 valence electrons. The van der Waals surface area contributed by atoms with Crippen molar-refractivity contribution in [2.75, 3.05) is 39.3 Å². The number of benzene rings is 1. The highest BCUT2D eigenvalue weighted by atomic mass is 19.4. The Balaban J connectivity index is 1.24. The normalized spacial score (nSPS) is 20.1. The molecule has 1 N–H and O–H groups in total. The number of amides is 1. The molecule has 0 bridgehead atoms. The van der Waals surface area contributed by atoms with Crippen LogP contribution in [0.3, 0.4) is 0 Å². The first-order valence-electron chi connectivity index (χ1n) is 11.7. The zero-order valence-electron chi connectivity index (χ0n) is 19.4. The highest BCUT2D eigenvalue weighted by Gasteiger charge is 2.58. The number of hydrogen-bond donors (Lipinski definition) is 1. The van der Waals surface area contributed by atoms with Crippen molar-refractivity contribution in [3.63, 3.8) is 0 Å². The van der Waals surface area contributed by atoms with Crippen LogP contribution in [-0.4, -0.2) is 88.3 Å². The van der Waals surface area contributed by atoms with Gasteiger partial charge in [-0.3, -0.25) is 9.69 Å². The largest absolute Gasteiger partial charge is 0.476 e. The van der Waals surface area contributed by atoms with Crippen molar-refractivity contribution in [1.29, 1.82) is 0 Å². The maximum Gasteiger partial charge on any atom is 0.454 e. The van der Waals surface area contributed by atoms with Crippen molar-refractivity contribution in [1.82, 2.24) is 19.8 Å². The molecule has 3 heterocycles. The van der Waals surface area contributed by atoms with Crippen molar-refractivity contribution in [3.05, 3.63) is 42.2 Å². The van der Waals surface area contributed by atoms with Crippen molar-refractivity contribution < 1.29 is 36.6 Å². The number of aliphatic hydroxyl groups is 1. The number of β-amino-alcohol motifs (C(OH)–C–C–N with tert-alkyl or cyclic N) is 1. The standard InChI is InChI=1S/C24H27F5N4O3/c25-23(26,24(27,28)29)15-32-8-5-16(6-9-32)14-36-21-12-30-20(11-31-21)17-1-3-18(4-2-17)22(35)33-10-7-19(34)13-33/h1-4,11-12,16,19,34H,5-10,13-15H2/t19-/m1/s1. The number of aromatic nitrogens is 2. The van der Waals surface area contributed by atoms with Crippen LogP contribution in [0.2, 0.25) is 0 Å². The Bertz CT molecular complexity index is 1030. The summed E-state index contributed by atoms with van der Waals surface area (Å²) in [7, 11) is 0. The van der Waals surface area contributed by atoms with Crippen molar-refractivity contribution in [2.24, 2.45) is 5.92 Å². The predicted molar refractivity (Wildman–Crippen MR) is 120 cm³/mol. The van der Waals surface area contributed by atoms with Gasteiger partial charge in [0.15, 0.2) is 0 Å². The van der Waals surface area contributed by atoms with E-state index in [9.17, 15) is 31.9 Å². The zero-order chi connectivity index (χ0) is 25.9. The summed E-state index contributed by atoms with van der Waals surface area (Å²) in [5.41, 5.74) is 1.86. The highest BCUT2D eigenvalue weighted by molar-refractivity contribution is 5.94. The molecular weight excluding hydrogens is 487 g/mol. The van der Waals surface area contributed by atoms with Crippen LogP contribution in [0.5, 0.6) is 5.88 Å². The number of likely N-dealkylation sites (tertiary alicyclic amines) is 2. The summed E-state index contributed by atoms with van der Waals surface area (Å²) < 4.78 is 69.3. The summed E-state index contributed by atoms with van der Waals surface area (Å²) in [5, 5.41) is 9.61. The second-order valence-electron chi connectivity index (χ2n) is 9.24. The minimum absolute atomic E-state index is 0.0176. The molecule has 0 saturated carbocycles. The summed E-state index contributed by atoms with van der Waals surface area (Å²) in [6.07, 6.45) is -1.57. The van der Waals surface area contributed by atoms with Gasteiger partial charge in [0.1, 0.15) is 0 Å². The minimum Gasteiger partial charge on any atom is -0.476 e. The fraction of sp³-hybridized carbons (Fsp3) is 0.542. The van der Waals surface area contributed by atoms with Gasteiger partial charge in [-0.25, -0.2) is 9.97 Å². The molecule has 2 aromatic rings. The summed E-state index contributed by atoms with van der Waals surface area (Å²) in [4.78, 5) is 23.8. The smallest absolute Gasteiger partial charge is 0.454 e. The number of rotatable bonds is 7. The highest BCUT2D eigenvalue weighted by Crippen LogP contribution is 2.36. The lowest BCUT2D eigenvalue weighted by atomic mass is 9.97. The summed E-state index contributed by atoms with van der Waals surface area (Å²) in [6, 6.07) is 6.93. The maximum atomic E-state index is 13.2. The molecule has 1 amide bonds. The Morgan fingerprint density at radius 2 is 1.69 bits per heavy atom. The molecule has 0 spiro atoms. The molecule has 1 aromatic heterocycles. The van der Waals surface area contributed by atoms with Gasteiger partial charge in [-0.2, -0.15) is 22.0 Å². The Hall–Kier alpha value is -2.86. The number of carbonyl (C=O) groups excluding carboxylic acids is 1. The lowest BCUT2D eigenvalue weighted by Gasteiger charge is -2.34. The van der Waals surface area contributed by atoms with Crippen LogP contribution in [-0.2, 0) is 0 Å². The predicted octanol–water partition coefficient (Wildman–Crippen LogP) is 3.64. The minimum atomic E-state index is -5.55. The molecule has 0 unspecified atom stereocenters. The second kappa shape index (κ2) is 10.6. The van der Waals surface area contributed by atoms with Gasteiger partial charge in [-0.15, -0.1) is 0 Å². The van der Waals surface area contributed by atoms with Gasteiger partial charge in [-0.1, -0.05) is 12.1 Å². The van der Waals surface area contributed by atoms with E-state index in [1.165, 1.54) is 12.4 Å². The van der Waals surface area contributed by atoms with E-state index in [2.05, 4.69) is 9.97 Å². The number of piperidine rings is 1. The Morgan fingerprint density at radius 1 is 1.00 bits per heavy atom. The lowest BCUT2D eigenvalue weighted by Crippen LogP contribution is -2.49. The third-order valence-corrected chi connectivity index (χ3v) is 6.52. The van der Waals surface area contributed by atoms with Gasteiger partial charge in [0.05, 0.1) is 37.3 Å². The van der Waals surface area contributed by atoms with Crippen LogP contribution in [0.25, 0.3) is 11.3 Å². The average Bonchev–Trinajstić information content (AvgIpc) is 3.29. The van der Waals surface area contributed by atoms with Gasteiger partial charge >= 0.3 is 12.1 Å². The van der Waals surface area contributed by atoms with E-state index in [1.54, 1.807) is 29.2 Å². The first-order valence-corrected chi connectivity index (χ1v) is 11.7. The van der Waals surface area contributed by atoms with Gasteiger partial charge in [0.25, 0.3) is 5.91 Å². The average molecular weight is 514 g/mol. The van der Waals surface area contributed by atoms with Crippen LogP contribution in [0.15, 0.2) is 36.7 Å². The molecule has 36 heavy (non-hydrogen) atoms. The number of aliphatic hydroxyl groups excluding tert-OH is 1. The van der Waals surface area contributed by atoms with E-state index in [0.29, 0.717) is 43.6 Å². The number of hydrogen-bond acceptors (Lipinski definition) is 6. The lowest BCUT2D eigenvalue weighted by molar-refractivity contribution is -0.287. The third-order valence-electron chi connectivity index (χ3n) is 6.52. The van der Waals surface area contributed by atoms with Crippen molar-refractivity contribution in [2.45, 2.75) is 37.5 Å². The molecule has 4 rings (SSSR count). The molecule has 12 heteroatoms. The maximum absolute atomic E-state index is 13.2. The Morgan fingerprint density at radius 3 is 2.25 bits per heavy atom. The van der Waals surface area contributed by atoms with Crippen LogP contribution in [0.1, 0.15) is 29.6 Å². The Kier molecular flexibility index (Phi) is 7.74. The quantitative estimate of drug-likeness (QED) is 0.569. The number of halogens is 5. The Labute approximate surface area is 204 Å². The third kappa shape index (κ3) is 6.28. The number of ether oxygens (including phenoxy) is 1. The summed E-state index contributed by atoms with van der Waals surface area (Å²) >= 11 is 0. The fourth-order valence-corrected chi connectivity index (χ4v) is 4.32. The topological polar surface area (TPSA) is 78.8 Å². The molecular formula is C24H27F5N4O3. The number of alkyl halides is 5. The molecule has 7 nitrogen and oxygen atoms in total. The SMILES string of the molecule is O=C(c1ccc(-c2cnc(OCC3CCN(CC(F)(F)C(F)(F)F)CC3)cn2)cc1)N1CC[C@@H](O)C1. The van der Waals surface area contributed by atoms with Gasteiger partial charge in [-0.05, 0) is 50.4 Å². The van der Waals surface area contributed by atoms with E-state index >= 15 is 0 Å². The number of carbonyl (C=O) groups is 1. The molecule has 1 atom stereocenters. The van der Waals surface area contributed by atoms with Gasteiger partial charge in [0.2, 0.25) is 5.88 Å². The fourth-order valence-electron chi connectivity index (χ4n) is 4.32. The zero-order valence-corrected chi connectivity index (χ0v) is 19.4. The first kappa shape index (κ1) is 26.2. The van der Waals surface area contributed by atoms with E-state index in [0.717, 1.165) is 10.5 Å². The van der Waals surface area contributed by atoms with Crippen molar-refractivity contribution >= 4 is 5.91 Å². The number of nitrogens with zero attached hydrogens (tertiary/aromatic N) is 4. The van der Waals surface area contributed by atoms with Gasteiger partial charge in [0, 0.05) is 24.2 Å². The molecule has 0 radical (unpaired) electrons. The van der Waals surface area contributed by atoms with E-state index in [-0.39, 0.29) is 37.4 Å². The molecule has 2 fully saturated rings. The van der Waals surface area contributed by atoms with Crippen molar-refractivity contribution in [3.8, 4) is 17.1 Å². The van der Waals surface area contributed by atoms with Crippen LogP contribution in [0.4, 0.5) is 22.0 Å². The van der Waals surface area contributed by atoms with Gasteiger partial charge < -0.3 is 14.7 Å². The van der Waals surface area contributed by atoms with E-state index in [4.69, 9.17) is 4.74 Å². The molecule has 2 aliphatic heterocycles. The summed E-state index contributed by atoms with van der Waals surface area (Å²) in [5.74, 6) is -4.55. The first-order chi connectivity index (χ1) is 17.0. The van der Waals surface area contributed by atoms with E-state index < -0.39 is 24.7 Å². The molecule has 2 saturated heterocycles. The van der Waals surface area contributed by atoms with Crippen LogP contribution in [0, 0.1) is 5.92 Å². The molecule has 2 aliphatic rings. The second-order valence-corrected chi connectivity index (χ2v) is 9.24. The molecule has 1 aromatic carbocycles. The van der Waals surface area contributed by atoms with E-state index in [1.807, 2.05) is 0 Å².